The normalized spacial score (nSPS) is 14.9. The highest BCUT2D eigenvalue weighted by molar-refractivity contribution is 7.71. The molecule has 0 spiro atoms. The quantitative estimate of drug-likeness (QED) is 0.631. The first-order valence-corrected chi connectivity index (χ1v) is 6.64. The summed E-state index contributed by atoms with van der Waals surface area (Å²) < 4.78 is 0.714. The lowest BCUT2D eigenvalue weighted by Gasteiger charge is -2.08. The molecule has 0 unspecified atom stereocenters. The van der Waals surface area contributed by atoms with Crippen LogP contribution in [0.3, 0.4) is 0 Å². The summed E-state index contributed by atoms with van der Waals surface area (Å²) in [6.07, 6.45) is 10.8. The van der Waals surface area contributed by atoms with E-state index in [9.17, 15) is 0 Å². The van der Waals surface area contributed by atoms with Crippen LogP contribution in [0.15, 0.2) is 18.6 Å². The van der Waals surface area contributed by atoms with Gasteiger partial charge in [-0.1, -0.05) is 18.6 Å². The van der Waals surface area contributed by atoms with Crippen LogP contribution < -0.4 is 0 Å². The maximum Gasteiger partial charge on any atom is 0.159 e. The van der Waals surface area contributed by atoms with Crippen molar-refractivity contribution >= 4 is 12.2 Å². The van der Waals surface area contributed by atoms with Gasteiger partial charge in [0.05, 0.1) is 6.20 Å². The molecule has 2 aromatic rings. The molecule has 0 fully saturated rings. The van der Waals surface area contributed by atoms with Gasteiger partial charge in [0.15, 0.2) is 5.82 Å². The van der Waals surface area contributed by atoms with Crippen molar-refractivity contribution in [2.24, 2.45) is 0 Å². The van der Waals surface area contributed by atoms with Gasteiger partial charge in [0.25, 0.3) is 0 Å². The zero-order valence-electron chi connectivity index (χ0n) is 10.0. The minimum Gasteiger partial charge on any atom is -0.342 e. The Morgan fingerprint density at radius 3 is 2.83 bits per heavy atom. The Balaban J connectivity index is 2.11. The third-order valence-corrected chi connectivity index (χ3v) is 3.60. The largest absolute Gasteiger partial charge is 0.342 e. The van der Waals surface area contributed by atoms with Gasteiger partial charge in [-0.05, 0) is 25.7 Å². The number of H-pyrrole nitrogens is 1. The number of nitrogens with one attached hydrogen (secondary N) is 1. The van der Waals surface area contributed by atoms with Crippen LogP contribution in [0.1, 0.15) is 30.5 Å². The fourth-order valence-electron chi connectivity index (χ4n) is 2.34. The Morgan fingerprint density at radius 2 is 2.00 bits per heavy atom. The van der Waals surface area contributed by atoms with Gasteiger partial charge in [-0.3, -0.25) is 4.98 Å². The molecule has 2 heterocycles. The molecule has 0 aromatic carbocycles. The Labute approximate surface area is 111 Å². The molecule has 0 saturated carbocycles. The summed E-state index contributed by atoms with van der Waals surface area (Å²) in [6, 6.07) is 0. The van der Waals surface area contributed by atoms with E-state index in [1.165, 1.54) is 30.5 Å². The van der Waals surface area contributed by atoms with Crippen molar-refractivity contribution in [1.29, 1.82) is 0 Å². The van der Waals surface area contributed by atoms with Gasteiger partial charge in [0.2, 0.25) is 0 Å². The SMILES string of the molecule is S=c1nc(-c2cnccn2)[nH]c2c1CCCCC2. The summed E-state index contributed by atoms with van der Waals surface area (Å²) in [5.41, 5.74) is 3.19. The third kappa shape index (κ3) is 2.18. The minimum absolute atomic E-state index is 0.714. The van der Waals surface area contributed by atoms with Crippen LogP contribution in [0.4, 0.5) is 0 Å². The lowest BCUT2D eigenvalue weighted by Crippen LogP contribution is -2.02. The smallest absolute Gasteiger partial charge is 0.159 e. The lowest BCUT2D eigenvalue weighted by atomic mass is 10.1. The van der Waals surface area contributed by atoms with Crippen LogP contribution in [0, 0.1) is 4.64 Å². The first-order valence-electron chi connectivity index (χ1n) is 6.23. The maximum absolute atomic E-state index is 5.41. The van der Waals surface area contributed by atoms with Crippen LogP contribution in [-0.2, 0) is 12.8 Å². The Hall–Kier alpha value is -1.62. The molecule has 1 aliphatic rings. The molecule has 0 saturated heterocycles. The van der Waals surface area contributed by atoms with Gasteiger partial charge in [-0.15, -0.1) is 0 Å². The summed E-state index contributed by atoms with van der Waals surface area (Å²) >= 11 is 5.41. The molecule has 0 radical (unpaired) electrons. The number of hydrogen-bond donors (Lipinski definition) is 1. The molecule has 0 amide bonds. The Kier molecular flexibility index (Phi) is 3.15. The topological polar surface area (TPSA) is 54.5 Å². The van der Waals surface area contributed by atoms with Crippen molar-refractivity contribution < 1.29 is 0 Å². The van der Waals surface area contributed by atoms with Crippen molar-refractivity contribution in [1.82, 2.24) is 19.9 Å². The van der Waals surface area contributed by atoms with Gasteiger partial charge >= 0.3 is 0 Å². The molecule has 18 heavy (non-hydrogen) atoms. The fourth-order valence-corrected chi connectivity index (χ4v) is 2.66. The zero-order valence-corrected chi connectivity index (χ0v) is 10.8. The van der Waals surface area contributed by atoms with E-state index >= 15 is 0 Å². The summed E-state index contributed by atoms with van der Waals surface area (Å²) in [5.74, 6) is 0.730. The van der Waals surface area contributed by atoms with E-state index < -0.39 is 0 Å². The highest BCUT2D eigenvalue weighted by atomic mass is 32.1. The van der Waals surface area contributed by atoms with E-state index in [-0.39, 0.29) is 0 Å². The number of aryl methyl sites for hydroxylation is 1. The summed E-state index contributed by atoms with van der Waals surface area (Å²) in [6.45, 7) is 0. The van der Waals surface area contributed by atoms with E-state index in [0.29, 0.717) is 4.64 Å². The van der Waals surface area contributed by atoms with E-state index in [4.69, 9.17) is 12.2 Å². The predicted octanol–water partition coefficient (Wildman–Crippen LogP) is 2.87. The van der Waals surface area contributed by atoms with Crippen LogP contribution in [0.5, 0.6) is 0 Å². The van der Waals surface area contributed by atoms with Crippen molar-refractivity contribution in [2.45, 2.75) is 32.1 Å². The fraction of sp³-hybridized carbons (Fsp3) is 0.385. The number of aromatic amines is 1. The number of fused-ring (bicyclic) bond motifs is 1. The van der Waals surface area contributed by atoms with Gasteiger partial charge in [-0.25, -0.2) is 9.97 Å². The second-order valence-corrected chi connectivity index (χ2v) is 4.89. The zero-order chi connectivity index (χ0) is 12.4. The van der Waals surface area contributed by atoms with Crippen molar-refractivity contribution in [3.8, 4) is 11.5 Å². The minimum atomic E-state index is 0.714. The highest BCUT2D eigenvalue weighted by Gasteiger charge is 2.13. The summed E-state index contributed by atoms with van der Waals surface area (Å²) in [5, 5.41) is 0. The molecular formula is C13H14N4S. The molecule has 5 heteroatoms. The standard InChI is InChI=1S/C13H14N4S/c18-13-9-4-2-1-3-5-10(9)16-12(17-13)11-8-14-6-7-15-11/h6-8H,1-5H2,(H,16,17,18). The van der Waals surface area contributed by atoms with E-state index in [2.05, 4.69) is 19.9 Å². The van der Waals surface area contributed by atoms with E-state index in [1.807, 2.05) is 0 Å². The number of rotatable bonds is 1. The highest BCUT2D eigenvalue weighted by Crippen LogP contribution is 2.21. The molecule has 4 nitrogen and oxygen atoms in total. The molecule has 0 bridgehead atoms. The molecule has 3 rings (SSSR count). The summed E-state index contributed by atoms with van der Waals surface area (Å²) in [7, 11) is 0. The van der Waals surface area contributed by atoms with Crippen LogP contribution in [0.2, 0.25) is 0 Å². The maximum atomic E-state index is 5.41. The summed E-state index contributed by atoms with van der Waals surface area (Å²) in [4.78, 5) is 16.2. The molecule has 0 aliphatic heterocycles. The van der Waals surface area contributed by atoms with Crippen molar-refractivity contribution in [3.05, 3.63) is 34.5 Å². The monoisotopic (exact) mass is 258 g/mol. The van der Waals surface area contributed by atoms with Gasteiger partial charge in [0, 0.05) is 23.7 Å². The second-order valence-electron chi connectivity index (χ2n) is 4.50. The first kappa shape index (κ1) is 11.5. The lowest BCUT2D eigenvalue weighted by molar-refractivity contribution is 0.708. The third-order valence-electron chi connectivity index (χ3n) is 3.26. The van der Waals surface area contributed by atoms with Gasteiger partial charge in [-0.2, -0.15) is 0 Å². The number of aromatic nitrogens is 4. The Morgan fingerprint density at radius 1 is 1.11 bits per heavy atom. The molecule has 92 valence electrons. The predicted molar refractivity (Wildman–Crippen MR) is 71.7 cm³/mol. The van der Waals surface area contributed by atoms with Crippen molar-refractivity contribution in [2.75, 3.05) is 0 Å². The molecular weight excluding hydrogens is 244 g/mol. The molecule has 1 N–H and O–H groups in total. The van der Waals surface area contributed by atoms with E-state index in [0.717, 1.165) is 24.4 Å². The molecule has 2 aromatic heterocycles. The average molecular weight is 258 g/mol. The number of nitrogens with zero attached hydrogens (tertiary/aromatic N) is 3. The van der Waals surface area contributed by atoms with E-state index in [1.54, 1.807) is 18.6 Å². The van der Waals surface area contributed by atoms with Crippen LogP contribution in [0.25, 0.3) is 11.5 Å². The van der Waals surface area contributed by atoms with Gasteiger partial charge < -0.3 is 4.98 Å². The van der Waals surface area contributed by atoms with Crippen LogP contribution in [-0.4, -0.2) is 19.9 Å². The van der Waals surface area contributed by atoms with Crippen molar-refractivity contribution in [3.63, 3.8) is 0 Å². The van der Waals surface area contributed by atoms with Gasteiger partial charge in [0.1, 0.15) is 10.3 Å². The molecule has 1 aliphatic carbocycles. The average Bonchev–Trinajstić information content (AvgIpc) is 2.65. The second kappa shape index (κ2) is 4.94. The Bertz CT molecular complexity index is 606. The number of hydrogen-bond acceptors (Lipinski definition) is 4. The first-order chi connectivity index (χ1) is 8.84. The molecule has 0 atom stereocenters. The van der Waals surface area contributed by atoms with Crippen LogP contribution >= 0.6 is 12.2 Å².